The van der Waals surface area contributed by atoms with Crippen molar-refractivity contribution in [1.82, 2.24) is 0 Å². The molecule has 2 N–H and O–H groups in total. The highest BCUT2D eigenvalue weighted by atomic mass is 16.5. The lowest BCUT2D eigenvalue weighted by atomic mass is 9.91. The van der Waals surface area contributed by atoms with Crippen LogP contribution in [0.5, 0.6) is 28.7 Å². The van der Waals surface area contributed by atoms with Gasteiger partial charge in [0.05, 0.1) is 24.8 Å². The zero-order valence-electron chi connectivity index (χ0n) is 16.5. The molecule has 0 atom stereocenters. The Morgan fingerprint density at radius 2 is 1.55 bits per heavy atom. The van der Waals surface area contributed by atoms with E-state index >= 15 is 0 Å². The molecule has 0 radical (unpaired) electrons. The van der Waals surface area contributed by atoms with Crippen LogP contribution in [0.25, 0.3) is 0 Å². The normalized spacial score (nSPS) is 14.3. The average Bonchev–Trinajstić information content (AvgIpc) is 2.96. The lowest BCUT2D eigenvalue weighted by Gasteiger charge is -2.27. The number of phenols is 2. The van der Waals surface area contributed by atoms with Crippen LogP contribution >= 0.6 is 0 Å². The molecule has 7 nitrogen and oxygen atoms in total. The van der Waals surface area contributed by atoms with Gasteiger partial charge in [0.1, 0.15) is 17.2 Å². The van der Waals surface area contributed by atoms with E-state index in [1.807, 2.05) is 12.1 Å². The van der Waals surface area contributed by atoms with Crippen LogP contribution in [0.4, 0.5) is 11.4 Å². The molecule has 5 rings (SSSR count). The van der Waals surface area contributed by atoms with Crippen molar-refractivity contribution in [2.75, 3.05) is 12.0 Å². The molecule has 0 fully saturated rings. The van der Waals surface area contributed by atoms with E-state index in [-0.39, 0.29) is 22.6 Å². The quantitative estimate of drug-likeness (QED) is 0.596. The van der Waals surface area contributed by atoms with Crippen LogP contribution in [0.3, 0.4) is 0 Å². The predicted molar refractivity (Wildman–Crippen MR) is 113 cm³/mol. The summed E-state index contributed by atoms with van der Waals surface area (Å²) in [7, 11) is 1.56. The van der Waals surface area contributed by atoms with Gasteiger partial charge in [0.25, 0.3) is 0 Å². The maximum Gasteiger partial charge on any atom is 0.197 e. The predicted octanol–water partition coefficient (Wildman–Crippen LogP) is 4.49. The molecule has 0 saturated carbocycles. The number of hydrogen-bond donors (Lipinski definition) is 2. The molecule has 1 aliphatic heterocycles. The number of ketones is 2. The molecule has 0 aromatic heterocycles. The van der Waals surface area contributed by atoms with Crippen molar-refractivity contribution < 1.29 is 29.3 Å². The van der Waals surface area contributed by atoms with Crippen molar-refractivity contribution in [3.8, 4) is 28.7 Å². The number of benzene rings is 3. The average molecular weight is 415 g/mol. The summed E-state index contributed by atoms with van der Waals surface area (Å²) in [5.41, 5.74) is 1.06. The van der Waals surface area contributed by atoms with Crippen molar-refractivity contribution in [3.05, 3.63) is 77.4 Å². The third-order valence-electron chi connectivity index (χ3n) is 5.42. The first-order valence-corrected chi connectivity index (χ1v) is 9.55. The van der Waals surface area contributed by atoms with E-state index in [0.29, 0.717) is 23.7 Å². The zero-order chi connectivity index (χ0) is 21.7. The van der Waals surface area contributed by atoms with Crippen molar-refractivity contribution in [1.29, 1.82) is 0 Å². The molecule has 0 amide bonds. The minimum atomic E-state index is -0.581. The fraction of sp³-hybridized carbons (Fsp3) is 0.0833. The third-order valence-corrected chi connectivity index (χ3v) is 5.42. The number of carbonyl (C=O) groups is 2. The molecule has 3 aromatic carbocycles. The Balaban J connectivity index is 1.82. The van der Waals surface area contributed by atoms with E-state index in [9.17, 15) is 19.8 Å². The van der Waals surface area contributed by atoms with Crippen LogP contribution in [0, 0.1) is 0 Å². The van der Waals surface area contributed by atoms with Gasteiger partial charge in [0.2, 0.25) is 0 Å². The van der Waals surface area contributed by atoms with Gasteiger partial charge < -0.3 is 24.6 Å². The smallest absolute Gasteiger partial charge is 0.197 e. The number of methoxy groups -OCH3 is 1. The van der Waals surface area contributed by atoms with Gasteiger partial charge in [-0.15, -0.1) is 0 Å². The van der Waals surface area contributed by atoms with E-state index < -0.39 is 23.1 Å². The second kappa shape index (κ2) is 6.91. The maximum atomic E-state index is 12.5. The molecule has 0 bridgehead atoms. The number of para-hydroxylation sites is 1. The second-order valence-electron chi connectivity index (χ2n) is 7.18. The summed E-state index contributed by atoms with van der Waals surface area (Å²) in [6.07, 6.45) is 2.16. The van der Waals surface area contributed by atoms with Crippen molar-refractivity contribution in [3.63, 3.8) is 0 Å². The van der Waals surface area contributed by atoms with Gasteiger partial charge in [-0.3, -0.25) is 9.59 Å². The van der Waals surface area contributed by atoms with Gasteiger partial charge in [-0.1, -0.05) is 18.2 Å². The van der Waals surface area contributed by atoms with E-state index in [1.54, 1.807) is 48.4 Å². The summed E-state index contributed by atoms with van der Waals surface area (Å²) >= 11 is 0. The van der Waals surface area contributed by atoms with Crippen LogP contribution in [0.1, 0.15) is 26.3 Å². The standard InChI is InChI=1S/C24H17NO6/c1-30-15-8-6-14(7-9-15)25-12-13-4-2-3-5-18(13)31-24-21(25)22(28)19-16(26)10-11-17(27)20(19)23(24)29/h2-11,28-29H,12H2,1H3. The molecule has 2 aliphatic rings. The first-order chi connectivity index (χ1) is 15.0. The van der Waals surface area contributed by atoms with Gasteiger partial charge >= 0.3 is 0 Å². The molecule has 31 heavy (non-hydrogen) atoms. The number of anilines is 2. The maximum absolute atomic E-state index is 12.5. The van der Waals surface area contributed by atoms with Gasteiger partial charge in [0, 0.05) is 11.3 Å². The Hall–Kier alpha value is -4.26. The first-order valence-electron chi connectivity index (χ1n) is 9.55. The van der Waals surface area contributed by atoms with Crippen LogP contribution in [0.15, 0.2) is 60.7 Å². The zero-order valence-corrected chi connectivity index (χ0v) is 16.5. The summed E-state index contributed by atoms with van der Waals surface area (Å²) in [6, 6.07) is 14.3. The van der Waals surface area contributed by atoms with Crippen LogP contribution in [-0.2, 0) is 6.54 Å². The summed E-state index contributed by atoms with van der Waals surface area (Å²) in [6.45, 7) is 0.291. The van der Waals surface area contributed by atoms with Crippen LogP contribution in [0.2, 0.25) is 0 Å². The number of aromatic hydroxyl groups is 2. The Labute approximate surface area is 177 Å². The molecule has 7 heteroatoms. The summed E-state index contributed by atoms with van der Waals surface area (Å²) in [5, 5.41) is 22.2. The molecule has 0 spiro atoms. The molecule has 154 valence electrons. The highest BCUT2D eigenvalue weighted by molar-refractivity contribution is 6.25. The fourth-order valence-electron chi connectivity index (χ4n) is 3.91. The van der Waals surface area contributed by atoms with Crippen LogP contribution in [-0.4, -0.2) is 28.9 Å². The monoisotopic (exact) mass is 415 g/mol. The number of nitrogens with zero attached hydrogens (tertiary/aromatic N) is 1. The van der Waals surface area contributed by atoms with E-state index in [1.165, 1.54) is 0 Å². The topological polar surface area (TPSA) is 96.3 Å². The largest absolute Gasteiger partial charge is 0.505 e. The van der Waals surface area contributed by atoms with Crippen molar-refractivity contribution in [2.24, 2.45) is 0 Å². The van der Waals surface area contributed by atoms with Crippen molar-refractivity contribution in [2.45, 2.75) is 6.54 Å². The molecule has 3 aromatic rings. The molecule has 1 heterocycles. The minimum absolute atomic E-state index is 0.0894. The Morgan fingerprint density at radius 3 is 2.23 bits per heavy atom. The first kappa shape index (κ1) is 18.7. The Kier molecular flexibility index (Phi) is 4.18. The SMILES string of the molecule is COc1ccc(N2Cc3ccccc3Oc3c(O)c4c(c(O)c32)C(=O)C=CC4=O)cc1. The minimum Gasteiger partial charge on any atom is -0.505 e. The van der Waals surface area contributed by atoms with Gasteiger partial charge in [-0.05, 0) is 42.5 Å². The number of ether oxygens (including phenoxy) is 2. The summed E-state index contributed by atoms with van der Waals surface area (Å²) < 4.78 is 11.2. The van der Waals surface area contributed by atoms with Gasteiger partial charge in [-0.25, -0.2) is 0 Å². The Morgan fingerprint density at radius 1 is 0.903 bits per heavy atom. The van der Waals surface area contributed by atoms with Crippen LogP contribution < -0.4 is 14.4 Å². The third kappa shape index (κ3) is 2.82. The van der Waals surface area contributed by atoms with E-state index in [4.69, 9.17) is 9.47 Å². The Bertz CT molecular complexity index is 1280. The summed E-state index contributed by atoms with van der Waals surface area (Å²) in [4.78, 5) is 26.7. The highest BCUT2D eigenvalue weighted by Crippen LogP contribution is 2.55. The molecular formula is C24H17NO6. The second-order valence-corrected chi connectivity index (χ2v) is 7.18. The number of hydrogen-bond acceptors (Lipinski definition) is 7. The number of rotatable bonds is 2. The molecule has 0 saturated heterocycles. The highest BCUT2D eigenvalue weighted by Gasteiger charge is 2.37. The number of fused-ring (bicyclic) bond motifs is 3. The number of phenolic OH excluding ortho intramolecular Hbond substituents is 2. The molecule has 0 unspecified atom stereocenters. The van der Waals surface area contributed by atoms with Gasteiger partial charge in [0.15, 0.2) is 28.8 Å². The van der Waals surface area contributed by atoms with E-state index in [0.717, 1.165) is 17.7 Å². The molecular weight excluding hydrogens is 398 g/mol. The lowest BCUT2D eigenvalue weighted by molar-refractivity contribution is 0.0989. The number of carbonyl (C=O) groups excluding carboxylic acids is 2. The fourth-order valence-corrected chi connectivity index (χ4v) is 3.91. The van der Waals surface area contributed by atoms with E-state index in [2.05, 4.69) is 0 Å². The summed E-state index contributed by atoms with van der Waals surface area (Å²) in [5.74, 6) is -1.02. The number of allylic oxidation sites excluding steroid dienone is 2. The van der Waals surface area contributed by atoms with Gasteiger partial charge in [-0.2, -0.15) is 0 Å². The lowest BCUT2D eigenvalue weighted by Crippen LogP contribution is -2.19. The van der Waals surface area contributed by atoms with Crippen molar-refractivity contribution >= 4 is 22.9 Å². The molecule has 1 aliphatic carbocycles.